The standard InChI is InChI=1S/C6H11NO3S.C5H10N2O3S/c1-10-6(8)4-2-3-5-11-7-9;1-10-5(8)6-3-2-4-11-7-9/h2-5H2,1H3;2-4H2,1H3,(H,6,8). The highest BCUT2D eigenvalue weighted by Crippen LogP contribution is 2.06. The van der Waals surface area contributed by atoms with Gasteiger partial charge in [-0.25, -0.2) is 4.79 Å². The predicted octanol–water partition coefficient (Wildman–Crippen LogP) is 2.89. The Labute approximate surface area is 137 Å². The van der Waals surface area contributed by atoms with E-state index >= 15 is 0 Å². The molecule has 1 N–H and O–H groups in total. The van der Waals surface area contributed by atoms with Crippen LogP contribution in [0, 0.1) is 9.81 Å². The molecule has 9 nitrogen and oxygen atoms in total. The van der Waals surface area contributed by atoms with Gasteiger partial charge in [0.25, 0.3) is 0 Å². The largest absolute Gasteiger partial charge is 0.469 e. The maximum Gasteiger partial charge on any atom is 0.406 e. The summed E-state index contributed by atoms with van der Waals surface area (Å²) in [5.41, 5.74) is 0. The van der Waals surface area contributed by atoms with E-state index in [9.17, 15) is 19.4 Å². The van der Waals surface area contributed by atoms with Gasteiger partial charge in [0.15, 0.2) is 0 Å². The molecule has 1 amide bonds. The van der Waals surface area contributed by atoms with Crippen LogP contribution in [0.3, 0.4) is 0 Å². The molecule has 0 aromatic carbocycles. The molecule has 0 saturated carbocycles. The average Bonchev–Trinajstić information content (AvgIpc) is 2.54. The van der Waals surface area contributed by atoms with Crippen molar-refractivity contribution in [3.05, 3.63) is 9.81 Å². The lowest BCUT2D eigenvalue weighted by Gasteiger charge is -2.00. The van der Waals surface area contributed by atoms with Gasteiger partial charge in [0, 0.05) is 57.5 Å². The fourth-order valence-electron chi connectivity index (χ4n) is 1.01. The van der Waals surface area contributed by atoms with E-state index in [0.717, 1.165) is 36.7 Å². The molecule has 0 rings (SSSR count). The molecule has 128 valence electrons. The minimum Gasteiger partial charge on any atom is -0.469 e. The second kappa shape index (κ2) is 19.6. The molecular weight excluding hydrogens is 334 g/mol. The van der Waals surface area contributed by atoms with Crippen LogP contribution in [-0.2, 0) is 14.3 Å². The molecule has 0 fully saturated rings. The number of rotatable bonds is 11. The maximum atomic E-state index is 10.5. The zero-order chi connectivity index (χ0) is 17.1. The third-order valence-corrected chi connectivity index (χ3v) is 3.22. The SMILES string of the molecule is COC(=O)CCCCSN=O.COC(=O)NCCCSN=O. The van der Waals surface area contributed by atoms with Crippen LogP contribution in [0.25, 0.3) is 0 Å². The van der Waals surface area contributed by atoms with Gasteiger partial charge in [-0.15, -0.1) is 9.81 Å². The molecule has 0 aliphatic carbocycles. The number of amides is 1. The number of nitrogens with zero attached hydrogens (tertiary/aromatic N) is 2. The molecule has 11 heteroatoms. The summed E-state index contributed by atoms with van der Waals surface area (Å²) >= 11 is 1.93. The smallest absolute Gasteiger partial charge is 0.406 e. The fourth-order valence-corrected chi connectivity index (χ4v) is 1.77. The zero-order valence-corrected chi connectivity index (χ0v) is 14.2. The van der Waals surface area contributed by atoms with Crippen LogP contribution in [0.1, 0.15) is 25.7 Å². The molecule has 0 bridgehead atoms. The summed E-state index contributed by atoms with van der Waals surface area (Å²) in [7, 11) is 2.67. The van der Waals surface area contributed by atoms with Crippen molar-refractivity contribution in [2.24, 2.45) is 9.16 Å². The Kier molecular flexibility index (Phi) is 20.5. The molecule has 0 aliphatic rings. The Balaban J connectivity index is 0. The Morgan fingerprint density at radius 3 is 2.05 bits per heavy atom. The van der Waals surface area contributed by atoms with Gasteiger partial charge in [-0.05, 0) is 19.3 Å². The highest BCUT2D eigenvalue weighted by Gasteiger charge is 1.98. The van der Waals surface area contributed by atoms with Crippen LogP contribution in [0.5, 0.6) is 0 Å². The fraction of sp³-hybridized carbons (Fsp3) is 0.818. The van der Waals surface area contributed by atoms with Crippen LogP contribution in [0.2, 0.25) is 0 Å². The lowest BCUT2D eigenvalue weighted by atomic mass is 10.2. The van der Waals surface area contributed by atoms with Crippen LogP contribution in [-0.4, -0.2) is 44.3 Å². The first-order chi connectivity index (χ1) is 10.6. The summed E-state index contributed by atoms with van der Waals surface area (Å²) in [5, 5.41) is 2.47. The average molecular weight is 355 g/mol. The van der Waals surface area contributed by atoms with Gasteiger partial charge in [-0.2, -0.15) is 0 Å². The van der Waals surface area contributed by atoms with E-state index in [0.29, 0.717) is 30.9 Å². The van der Waals surface area contributed by atoms with Gasteiger partial charge in [0.1, 0.15) is 0 Å². The van der Waals surface area contributed by atoms with Crippen molar-refractivity contribution in [3.63, 3.8) is 0 Å². The first kappa shape index (κ1) is 22.9. The summed E-state index contributed by atoms with van der Waals surface area (Å²) in [5.74, 6) is 1.10. The van der Waals surface area contributed by atoms with Crippen molar-refractivity contribution < 1.29 is 19.1 Å². The third-order valence-electron chi connectivity index (χ3n) is 2.07. The number of esters is 1. The van der Waals surface area contributed by atoms with Gasteiger partial charge in [0.2, 0.25) is 0 Å². The summed E-state index contributed by atoms with van der Waals surface area (Å²) in [6.07, 6.45) is 2.27. The minimum atomic E-state index is -0.450. The number of carbonyl (C=O) groups is 2. The number of carbonyl (C=O) groups excluding carboxylic acids is 2. The Bertz CT molecular complexity index is 290. The van der Waals surface area contributed by atoms with Gasteiger partial charge >= 0.3 is 12.1 Å². The molecule has 0 atom stereocenters. The number of nitrogens with one attached hydrogen (secondary N) is 1. The minimum absolute atomic E-state index is 0.200. The lowest BCUT2D eigenvalue weighted by molar-refractivity contribution is -0.140. The molecule has 0 aromatic heterocycles. The van der Waals surface area contributed by atoms with Crippen molar-refractivity contribution in [3.8, 4) is 0 Å². The molecule has 22 heavy (non-hydrogen) atoms. The first-order valence-corrected chi connectivity index (χ1v) is 8.28. The number of nitroso groups, excluding NO2 is 2. The van der Waals surface area contributed by atoms with E-state index < -0.39 is 6.09 Å². The second-order valence-electron chi connectivity index (χ2n) is 3.62. The summed E-state index contributed by atoms with van der Waals surface area (Å²) in [4.78, 5) is 40.1. The van der Waals surface area contributed by atoms with Gasteiger partial charge in [-0.1, -0.05) is 0 Å². The Hall–Kier alpha value is -1.36. The van der Waals surface area contributed by atoms with E-state index in [4.69, 9.17) is 0 Å². The first-order valence-electron chi connectivity index (χ1n) is 6.40. The van der Waals surface area contributed by atoms with E-state index in [1.165, 1.54) is 14.2 Å². The van der Waals surface area contributed by atoms with E-state index in [2.05, 4.69) is 24.0 Å². The molecule has 0 spiro atoms. The number of ether oxygens (including phenoxy) is 2. The number of hydrogen-bond acceptors (Lipinski definition) is 10. The number of hydrogen-bond donors (Lipinski definition) is 1. The third kappa shape index (κ3) is 20.9. The summed E-state index contributed by atoms with van der Waals surface area (Å²) < 4.78 is 14.0. The van der Waals surface area contributed by atoms with Gasteiger partial charge in [-0.3, -0.25) is 4.79 Å². The number of methoxy groups -OCH3 is 2. The molecule has 0 aliphatic heterocycles. The highest BCUT2D eigenvalue weighted by atomic mass is 32.2. The van der Waals surface area contributed by atoms with Crippen LogP contribution >= 0.6 is 23.9 Å². The van der Waals surface area contributed by atoms with E-state index in [1.807, 2.05) is 0 Å². The van der Waals surface area contributed by atoms with E-state index in [-0.39, 0.29) is 5.97 Å². The number of alkyl carbamates (subject to hydrolysis) is 1. The van der Waals surface area contributed by atoms with Crippen molar-refractivity contribution in [2.75, 3.05) is 32.3 Å². The zero-order valence-electron chi connectivity index (χ0n) is 12.6. The van der Waals surface area contributed by atoms with Crippen LogP contribution in [0.4, 0.5) is 4.79 Å². The van der Waals surface area contributed by atoms with Crippen molar-refractivity contribution in [1.29, 1.82) is 0 Å². The molecule has 0 saturated heterocycles. The number of unbranched alkanes of at least 4 members (excludes halogenated alkanes) is 1. The molecule has 0 unspecified atom stereocenters. The second-order valence-corrected chi connectivity index (χ2v) is 5.25. The van der Waals surface area contributed by atoms with Crippen molar-refractivity contribution in [1.82, 2.24) is 5.32 Å². The van der Waals surface area contributed by atoms with E-state index in [1.54, 1.807) is 0 Å². The normalized spacial score (nSPS) is 9.00. The van der Waals surface area contributed by atoms with Crippen LogP contribution in [0.15, 0.2) is 9.16 Å². The molecule has 0 aromatic rings. The Morgan fingerprint density at radius 2 is 1.55 bits per heavy atom. The van der Waals surface area contributed by atoms with Crippen molar-refractivity contribution in [2.45, 2.75) is 25.7 Å². The summed E-state index contributed by atoms with van der Waals surface area (Å²) in [6.45, 7) is 0.509. The molecular formula is C11H21N3O6S2. The van der Waals surface area contributed by atoms with Crippen molar-refractivity contribution >= 4 is 36.0 Å². The molecule has 0 heterocycles. The van der Waals surface area contributed by atoms with Crippen LogP contribution < -0.4 is 5.32 Å². The summed E-state index contributed by atoms with van der Waals surface area (Å²) in [6, 6.07) is 0. The van der Waals surface area contributed by atoms with Gasteiger partial charge < -0.3 is 14.8 Å². The molecule has 0 radical (unpaired) electrons. The Morgan fingerprint density at radius 1 is 0.955 bits per heavy atom. The predicted molar refractivity (Wildman–Crippen MR) is 87.4 cm³/mol. The van der Waals surface area contributed by atoms with Gasteiger partial charge in [0.05, 0.1) is 14.2 Å². The monoisotopic (exact) mass is 355 g/mol. The quantitative estimate of drug-likeness (QED) is 0.260. The highest BCUT2D eigenvalue weighted by molar-refractivity contribution is 7.98. The maximum absolute atomic E-state index is 10.5. The topological polar surface area (TPSA) is 123 Å². The lowest BCUT2D eigenvalue weighted by Crippen LogP contribution is -2.24.